The van der Waals surface area contributed by atoms with Gasteiger partial charge in [-0.05, 0) is 30.3 Å². The molecule has 0 amide bonds. The summed E-state index contributed by atoms with van der Waals surface area (Å²) in [6, 6.07) is 10.9. The van der Waals surface area contributed by atoms with Crippen molar-refractivity contribution in [2.24, 2.45) is 0 Å². The maximum atomic E-state index is 12.2. The molecule has 24 heavy (non-hydrogen) atoms. The lowest BCUT2D eigenvalue weighted by Crippen LogP contribution is -2.12. The van der Waals surface area contributed by atoms with Gasteiger partial charge in [0.15, 0.2) is 0 Å². The van der Waals surface area contributed by atoms with E-state index in [1.165, 1.54) is 17.6 Å². The van der Waals surface area contributed by atoms with Gasteiger partial charge in [-0.15, -0.1) is 10.2 Å². The normalized spacial score (nSPS) is 11.2. The van der Waals surface area contributed by atoms with Gasteiger partial charge in [0.1, 0.15) is 11.3 Å². The first-order valence-corrected chi connectivity index (χ1v) is 9.33. The van der Waals surface area contributed by atoms with E-state index < -0.39 is 10.0 Å². The molecule has 0 unspecified atom stereocenters. The zero-order valence-electron chi connectivity index (χ0n) is 12.0. The smallest absolute Gasteiger partial charge is 0.263 e. The summed E-state index contributed by atoms with van der Waals surface area (Å²) in [4.78, 5) is -0.0909. The molecule has 7 nitrogen and oxygen atoms in total. The van der Waals surface area contributed by atoms with Crippen LogP contribution in [0.4, 0.5) is 16.5 Å². The predicted molar refractivity (Wildman–Crippen MR) is 93.6 cm³/mol. The molecule has 0 aliphatic heterocycles. The number of anilines is 3. The topological polar surface area (TPSA) is 104 Å². The van der Waals surface area contributed by atoms with Gasteiger partial charge < -0.3 is 10.4 Å². The average Bonchev–Trinajstić information content (AvgIpc) is 3.01. The first-order chi connectivity index (χ1) is 11.4. The zero-order chi connectivity index (χ0) is 17.2. The Balaban J connectivity index is 1.84. The van der Waals surface area contributed by atoms with Crippen molar-refractivity contribution < 1.29 is 13.5 Å². The predicted octanol–water partition coefficient (Wildman–Crippen LogP) is 3.44. The van der Waals surface area contributed by atoms with Crippen molar-refractivity contribution in [3.63, 3.8) is 0 Å². The summed E-state index contributed by atoms with van der Waals surface area (Å²) in [7, 11) is -3.85. The van der Waals surface area contributed by atoms with Crippen LogP contribution in [0.1, 0.15) is 0 Å². The second-order valence-corrected chi connectivity index (χ2v) is 7.62. The van der Waals surface area contributed by atoms with Crippen molar-refractivity contribution in [2.45, 2.75) is 4.90 Å². The first-order valence-electron chi connectivity index (χ1n) is 6.59. The highest BCUT2D eigenvalue weighted by atomic mass is 35.5. The van der Waals surface area contributed by atoms with E-state index in [0.717, 1.165) is 17.4 Å². The quantitative estimate of drug-likeness (QED) is 0.584. The molecular weight excluding hydrogens is 372 g/mol. The van der Waals surface area contributed by atoms with Crippen LogP contribution in [0.3, 0.4) is 0 Å². The molecule has 10 heteroatoms. The van der Waals surface area contributed by atoms with E-state index in [2.05, 4.69) is 20.2 Å². The molecule has 1 heterocycles. The average molecular weight is 383 g/mol. The Hall–Kier alpha value is -2.36. The van der Waals surface area contributed by atoms with Crippen LogP contribution in [0, 0.1) is 0 Å². The van der Waals surface area contributed by atoms with Crippen LogP contribution in [-0.4, -0.2) is 23.7 Å². The lowest BCUT2D eigenvalue weighted by Gasteiger charge is -2.11. The summed E-state index contributed by atoms with van der Waals surface area (Å²) in [6.07, 6.45) is 0. The Morgan fingerprint density at radius 1 is 1.17 bits per heavy atom. The molecule has 0 radical (unpaired) electrons. The third-order valence-corrected chi connectivity index (χ3v) is 5.27. The second-order valence-electron chi connectivity index (χ2n) is 4.66. The summed E-state index contributed by atoms with van der Waals surface area (Å²) < 4.78 is 26.8. The van der Waals surface area contributed by atoms with Crippen LogP contribution < -0.4 is 10.0 Å². The fraction of sp³-hybridized carbons (Fsp3) is 0. The molecule has 0 aliphatic rings. The Morgan fingerprint density at radius 3 is 2.67 bits per heavy atom. The number of rotatable bonds is 5. The van der Waals surface area contributed by atoms with E-state index in [1.54, 1.807) is 24.3 Å². The fourth-order valence-corrected chi connectivity index (χ4v) is 3.80. The second kappa shape index (κ2) is 6.63. The molecule has 0 atom stereocenters. The van der Waals surface area contributed by atoms with Gasteiger partial charge in [-0.1, -0.05) is 29.0 Å². The van der Waals surface area contributed by atoms with Crippen molar-refractivity contribution in [3.05, 3.63) is 53.0 Å². The number of aromatic hydroxyl groups is 1. The molecule has 3 rings (SSSR count). The summed E-state index contributed by atoms with van der Waals surface area (Å²) in [6.45, 7) is 0. The van der Waals surface area contributed by atoms with Gasteiger partial charge in [0.05, 0.1) is 10.6 Å². The Labute approximate surface area is 147 Å². The number of phenols is 1. The van der Waals surface area contributed by atoms with E-state index in [4.69, 9.17) is 11.6 Å². The number of sulfonamides is 1. The monoisotopic (exact) mass is 382 g/mol. The lowest BCUT2D eigenvalue weighted by molar-refractivity contribution is 0.475. The Morgan fingerprint density at radius 2 is 2.00 bits per heavy atom. The van der Waals surface area contributed by atoms with E-state index in [0.29, 0.717) is 16.4 Å². The number of hydrogen-bond acceptors (Lipinski definition) is 7. The molecule has 0 saturated carbocycles. The largest absolute Gasteiger partial charge is 0.506 e. The lowest BCUT2D eigenvalue weighted by atomic mass is 10.2. The van der Waals surface area contributed by atoms with Crippen molar-refractivity contribution >= 4 is 49.5 Å². The molecule has 0 saturated heterocycles. The summed E-state index contributed by atoms with van der Waals surface area (Å²) in [5, 5.41) is 20.9. The molecule has 0 bridgehead atoms. The van der Waals surface area contributed by atoms with Gasteiger partial charge in [0.2, 0.25) is 5.13 Å². The summed E-state index contributed by atoms with van der Waals surface area (Å²) >= 11 is 6.96. The van der Waals surface area contributed by atoms with Crippen molar-refractivity contribution in [1.29, 1.82) is 0 Å². The maximum absolute atomic E-state index is 12.2. The van der Waals surface area contributed by atoms with Crippen LogP contribution in [-0.2, 0) is 10.0 Å². The summed E-state index contributed by atoms with van der Waals surface area (Å²) in [5.41, 5.74) is 2.43. The van der Waals surface area contributed by atoms with E-state index in [-0.39, 0.29) is 15.8 Å². The molecule has 1 aromatic heterocycles. The molecular formula is C14H11ClN4O3S2. The molecule has 0 fully saturated rings. The highest BCUT2D eigenvalue weighted by molar-refractivity contribution is 7.93. The minimum atomic E-state index is -3.85. The van der Waals surface area contributed by atoms with Crippen molar-refractivity contribution in [3.8, 4) is 5.75 Å². The third-order valence-electron chi connectivity index (χ3n) is 2.96. The van der Waals surface area contributed by atoms with E-state index >= 15 is 0 Å². The van der Waals surface area contributed by atoms with Gasteiger partial charge in [-0.25, -0.2) is 8.42 Å². The zero-order valence-corrected chi connectivity index (χ0v) is 14.4. The van der Waals surface area contributed by atoms with Crippen LogP contribution in [0.5, 0.6) is 5.75 Å². The minimum absolute atomic E-state index is 0.0909. The van der Waals surface area contributed by atoms with Gasteiger partial charge in [-0.2, -0.15) is 0 Å². The minimum Gasteiger partial charge on any atom is -0.506 e. The number of hydrogen-bond donors (Lipinski definition) is 3. The van der Waals surface area contributed by atoms with E-state index in [9.17, 15) is 13.5 Å². The molecule has 2 aromatic carbocycles. The molecule has 0 aliphatic carbocycles. The van der Waals surface area contributed by atoms with Crippen molar-refractivity contribution in [1.82, 2.24) is 10.2 Å². The Bertz CT molecular complexity index is 962. The van der Waals surface area contributed by atoms with Gasteiger partial charge >= 0.3 is 0 Å². The number of phenolic OH excluding ortho intramolecular Hbond substituents is 1. The molecule has 3 N–H and O–H groups in total. The molecule has 0 spiro atoms. The molecule has 124 valence electrons. The van der Waals surface area contributed by atoms with Crippen LogP contribution in [0.25, 0.3) is 0 Å². The summed E-state index contributed by atoms with van der Waals surface area (Å²) in [5.74, 6) is -0.213. The van der Waals surface area contributed by atoms with Crippen LogP contribution in [0.15, 0.2) is 52.9 Å². The van der Waals surface area contributed by atoms with Gasteiger partial charge in [-0.3, -0.25) is 4.72 Å². The number of aromatic nitrogens is 2. The Kier molecular flexibility index (Phi) is 4.56. The SMILES string of the molecule is O=S(=O)(Nc1nncs1)c1ccc(Nc2cccc(Cl)c2)c(O)c1. The first kappa shape index (κ1) is 16.5. The highest BCUT2D eigenvalue weighted by Gasteiger charge is 2.17. The maximum Gasteiger partial charge on any atom is 0.263 e. The number of benzene rings is 2. The van der Waals surface area contributed by atoms with Gasteiger partial charge in [0, 0.05) is 16.8 Å². The fourth-order valence-electron chi connectivity index (χ4n) is 1.90. The standard InChI is InChI=1S/C14H11ClN4O3S2/c15-9-2-1-3-10(6-9)17-12-5-4-11(7-13(12)20)24(21,22)19-14-18-16-8-23-14/h1-8,17,20H,(H,18,19). The van der Waals surface area contributed by atoms with Gasteiger partial charge in [0.25, 0.3) is 10.0 Å². The van der Waals surface area contributed by atoms with Crippen LogP contribution >= 0.6 is 22.9 Å². The molecule has 3 aromatic rings. The number of halogens is 1. The van der Waals surface area contributed by atoms with E-state index in [1.807, 2.05) is 0 Å². The van der Waals surface area contributed by atoms with Crippen LogP contribution in [0.2, 0.25) is 5.02 Å². The van der Waals surface area contributed by atoms with Crippen molar-refractivity contribution in [2.75, 3.05) is 10.0 Å². The third kappa shape index (κ3) is 3.75. The highest BCUT2D eigenvalue weighted by Crippen LogP contribution is 2.30. The number of nitrogens with zero attached hydrogens (tertiary/aromatic N) is 2. The number of nitrogens with one attached hydrogen (secondary N) is 2.